The van der Waals surface area contributed by atoms with Crippen LogP contribution >= 0.6 is 0 Å². The van der Waals surface area contributed by atoms with Gasteiger partial charge in [-0.1, -0.05) is 60.7 Å². The quantitative estimate of drug-likeness (QED) is 0.735. The fourth-order valence-corrected chi connectivity index (χ4v) is 3.66. The Hall–Kier alpha value is -2.33. The zero-order valence-electron chi connectivity index (χ0n) is 17.2. The van der Waals surface area contributed by atoms with E-state index in [4.69, 9.17) is 4.74 Å². The molecule has 0 saturated heterocycles. The molecule has 0 aromatic heterocycles. The molecule has 28 heavy (non-hydrogen) atoms. The first-order valence-corrected chi connectivity index (χ1v) is 10.2. The summed E-state index contributed by atoms with van der Waals surface area (Å²) < 4.78 is 5.33. The molecule has 1 N–H and O–H groups in total. The van der Waals surface area contributed by atoms with Crippen molar-refractivity contribution in [2.75, 3.05) is 6.54 Å². The summed E-state index contributed by atoms with van der Waals surface area (Å²) in [5.74, 6) is 0.520. The van der Waals surface area contributed by atoms with Gasteiger partial charge in [0.05, 0.1) is 0 Å². The largest absolute Gasteiger partial charge is 0.444 e. The van der Waals surface area contributed by atoms with E-state index < -0.39 is 5.60 Å². The van der Waals surface area contributed by atoms with E-state index >= 15 is 0 Å². The van der Waals surface area contributed by atoms with Crippen molar-refractivity contribution >= 4 is 6.09 Å². The van der Waals surface area contributed by atoms with Crippen molar-refractivity contribution < 1.29 is 9.53 Å². The summed E-state index contributed by atoms with van der Waals surface area (Å²) in [4.78, 5) is 14.4. The molecule has 1 fully saturated rings. The van der Waals surface area contributed by atoms with Crippen LogP contribution in [0.2, 0.25) is 0 Å². The van der Waals surface area contributed by atoms with Crippen molar-refractivity contribution in [2.45, 2.75) is 58.3 Å². The topological polar surface area (TPSA) is 41.6 Å². The van der Waals surface area contributed by atoms with Crippen LogP contribution in [0.1, 0.15) is 44.7 Å². The van der Waals surface area contributed by atoms with E-state index in [1.807, 2.05) is 20.8 Å². The number of benzene rings is 2. The standard InChI is InChI=1S/C24H32N2O2/c1-24(2,3)28-23(27)25-16-21-14-22(15-21)26(17-19-10-6-4-7-11-19)18-20-12-8-5-9-13-20/h4-13,21-22H,14-18H2,1-3H3,(H,25,27). The van der Waals surface area contributed by atoms with Crippen molar-refractivity contribution in [3.8, 4) is 0 Å². The molecular formula is C24H32N2O2. The Balaban J connectivity index is 1.53. The highest BCUT2D eigenvalue weighted by Crippen LogP contribution is 2.33. The van der Waals surface area contributed by atoms with E-state index in [2.05, 4.69) is 70.9 Å². The average Bonchev–Trinajstić information content (AvgIpc) is 2.60. The molecule has 0 atom stereocenters. The molecule has 1 amide bonds. The van der Waals surface area contributed by atoms with Crippen molar-refractivity contribution in [2.24, 2.45) is 5.92 Å². The Labute approximate surface area is 168 Å². The first kappa shape index (κ1) is 20.4. The minimum absolute atomic E-state index is 0.318. The van der Waals surface area contributed by atoms with Gasteiger partial charge in [-0.05, 0) is 50.7 Å². The van der Waals surface area contributed by atoms with E-state index in [1.165, 1.54) is 11.1 Å². The van der Waals surface area contributed by atoms with Crippen LogP contribution in [0.15, 0.2) is 60.7 Å². The zero-order valence-corrected chi connectivity index (χ0v) is 17.2. The van der Waals surface area contributed by atoms with Crippen molar-refractivity contribution in [1.82, 2.24) is 10.2 Å². The molecule has 3 rings (SSSR count). The molecule has 0 heterocycles. The van der Waals surface area contributed by atoms with Gasteiger partial charge < -0.3 is 10.1 Å². The van der Waals surface area contributed by atoms with Crippen LogP contribution in [0.5, 0.6) is 0 Å². The summed E-state index contributed by atoms with van der Waals surface area (Å²) in [5, 5.41) is 2.92. The van der Waals surface area contributed by atoms with E-state index in [1.54, 1.807) is 0 Å². The summed E-state index contributed by atoms with van der Waals surface area (Å²) in [5.41, 5.74) is 2.23. The summed E-state index contributed by atoms with van der Waals surface area (Å²) in [6.07, 6.45) is 1.90. The molecule has 4 nitrogen and oxygen atoms in total. The van der Waals surface area contributed by atoms with Crippen LogP contribution in [-0.2, 0) is 17.8 Å². The van der Waals surface area contributed by atoms with Crippen molar-refractivity contribution in [3.05, 3.63) is 71.8 Å². The van der Waals surface area contributed by atoms with Gasteiger partial charge in [-0.25, -0.2) is 4.79 Å². The van der Waals surface area contributed by atoms with Gasteiger partial charge in [-0.15, -0.1) is 0 Å². The summed E-state index contributed by atoms with van der Waals surface area (Å²) in [7, 11) is 0. The molecule has 0 spiro atoms. The molecule has 0 unspecified atom stereocenters. The smallest absolute Gasteiger partial charge is 0.407 e. The lowest BCUT2D eigenvalue weighted by atomic mass is 9.79. The fraction of sp³-hybridized carbons (Fsp3) is 0.458. The van der Waals surface area contributed by atoms with Gasteiger partial charge in [0, 0.05) is 25.7 Å². The molecule has 4 heteroatoms. The highest BCUT2D eigenvalue weighted by Gasteiger charge is 2.34. The molecular weight excluding hydrogens is 348 g/mol. The number of hydrogen-bond acceptors (Lipinski definition) is 3. The molecule has 2 aromatic rings. The maximum atomic E-state index is 11.9. The number of hydrogen-bond donors (Lipinski definition) is 1. The Morgan fingerprint density at radius 3 is 1.93 bits per heavy atom. The number of rotatable bonds is 7. The van der Waals surface area contributed by atoms with Crippen LogP contribution in [0.4, 0.5) is 4.79 Å². The summed E-state index contributed by atoms with van der Waals surface area (Å²) in [6, 6.07) is 21.8. The lowest BCUT2D eigenvalue weighted by Crippen LogP contribution is -2.47. The Bertz CT molecular complexity index is 693. The maximum absolute atomic E-state index is 11.9. The Morgan fingerprint density at radius 1 is 0.964 bits per heavy atom. The minimum atomic E-state index is -0.450. The van der Waals surface area contributed by atoms with Gasteiger partial charge in [-0.2, -0.15) is 0 Å². The predicted octanol–water partition coefficient (Wildman–Crippen LogP) is 4.99. The van der Waals surface area contributed by atoms with Gasteiger partial charge in [0.1, 0.15) is 5.60 Å². The number of amides is 1. The van der Waals surface area contributed by atoms with E-state index in [9.17, 15) is 4.79 Å². The molecule has 0 radical (unpaired) electrons. The zero-order chi connectivity index (χ0) is 20.0. The maximum Gasteiger partial charge on any atom is 0.407 e. The lowest BCUT2D eigenvalue weighted by Gasteiger charge is -2.43. The first-order chi connectivity index (χ1) is 13.4. The number of nitrogens with one attached hydrogen (secondary N) is 1. The van der Waals surface area contributed by atoms with Gasteiger partial charge in [-0.3, -0.25) is 4.90 Å². The predicted molar refractivity (Wildman–Crippen MR) is 113 cm³/mol. The van der Waals surface area contributed by atoms with E-state index in [0.717, 1.165) is 25.9 Å². The first-order valence-electron chi connectivity index (χ1n) is 10.2. The van der Waals surface area contributed by atoms with Crippen molar-refractivity contribution in [3.63, 3.8) is 0 Å². The Kier molecular flexibility index (Phi) is 6.74. The molecule has 1 saturated carbocycles. The lowest BCUT2D eigenvalue weighted by molar-refractivity contribution is 0.0425. The third-order valence-electron chi connectivity index (χ3n) is 5.12. The van der Waals surface area contributed by atoms with Crippen LogP contribution < -0.4 is 5.32 Å². The molecule has 1 aliphatic carbocycles. The second-order valence-corrected chi connectivity index (χ2v) is 8.75. The highest BCUT2D eigenvalue weighted by atomic mass is 16.6. The van der Waals surface area contributed by atoms with Crippen LogP contribution in [0.3, 0.4) is 0 Å². The summed E-state index contributed by atoms with van der Waals surface area (Å²) >= 11 is 0. The van der Waals surface area contributed by atoms with Gasteiger partial charge >= 0.3 is 6.09 Å². The number of ether oxygens (including phenoxy) is 1. The Morgan fingerprint density at radius 2 is 1.46 bits per heavy atom. The van der Waals surface area contributed by atoms with Crippen LogP contribution in [0.25, 0.3) is 0 Å². The van der Waals surface area contributed by atoms with E-state index in [0.29, 0.717) is 18.5 Å². The summed E-state index contributed by atoms with van der Waals surface area (Å²) in [6.45, 7) is 8.25. The average molecular weight is 381 g/mol. The fourth-order valence-electron chi connectivity index (χ4n) is 3.66. The van der Waals surface area contributed by atoms with Gasteiger partial charge in [0.15, 0.2) is 0 Å². The van der Waals surface area contributed by atoms with Crippen molar-refractivity contribution in [1.29, 1.82) is 0 Å². The molecule has 150 valence electrons. The highest BCUT2D eigenvalue weighted by molar-refractivity contribution is 5.67. The monoisotopic (exact) mass is 380 g/mol. The van der Waals surface area contributed by atoms with Gasteiger partial charge in [0.2, 0.25) is 0 Å². The van der Waals surface area contributed by atoms with Crippen LogP contribution in [0, 0.1) is 5.92 Å². The SMILES string of the molecule is CC(C)(C)OC(=O)NCC1CC(N(Cc2ccccc2)Cc2ccccc2)C1. The van der Waals surface area contributed by atoms with E-state index in [-0.39, 0.29) is 6.09 Å². The number of carbonyl (C=O) groups is 1. The molecule has 0 aliphatic heterocycles. The normalized spacial score (nSPS) is 19.1. The molecule has 2 aromatic carbocycles. The third kappa shape index (κ3) is 6.38. The number of carbonyl (C=O) groups excluding carboxylic acids is 1. The van der Waals surface area contributed by atoms with Crippen LogP contribution in [-0.4, -0.2) is 29.2 Å². The second-order valence-electron chi connectivity index (χ2n) is 8.75. The third-order valence-corrected chi connectivity index (χ3v) is 5.12. The molecule has 1 aliphatic rings. The van der Waals surface area contributed by atoms with Gasteiger partial charge in [0.25, 0.3) is 0 Å². The number of nitrogens with zero attached hydrogens (tertiary/aromatic N) is 1. The molecule has 0 bridgehead atoms. The minimum Gasteiger partial charge on any atom is -0.444 e. The number of alkyl carbamates (subject to hydrolysis) is 1. The second kappa shape index (κ2) is 9.24.